The van der Waals surface area contributed by atoms with Crippen LogP contribution in [0.1, 0.15) is 18.4 Å². The number of ether oxygens (including phenoxy) is 1. The Bertz CT molecular complexity index is 897. The van der Waals surface area contributed by atoms with Gasteiger partial charge in [0.25, 0.3) is 0 Å². The van der Waals surface area contributed by atoms with Gasteiger partial charge in [-0.2, -0.15) is 5.26 Å². The van der Waals surface area contributed by atoms with Crippen LogP contribution in [0, 0.1) is 21.4 Å². The Morgan fingerprint density at radius 3 is 2.88 bits per heavy atom. The molecule has 11 heteroatoms. The summed E-state index contributed by atoms with van der Waals surface area (Å²) in [6.07, 6.45) is 0.878. The lowest BCUT2D eigenvalue weighted by Gasteiger charge is -2.22. The molecular formula is C14H13N5O6. The number of hydrogen-bond donors (Lipinski definition) is 2. The first-order valence-corrected chi connectivity index (χ1v) is 7.01. The molecule has 0 amide bonds. The summed E-state index contributed by atoms with van der Waals surface area (Å²) in [7, 11) is 0. The van der Waals surface area contributed by atoms with Gasteiger partial charge in [-0.15, -0.1) is 0 Å². The van der Waals surface area contributed by atoms with Crippen LogP contribution >= 0.6 is 0 Å². The fourth-order valence-corrected chi connectivity index (χ4v) is 2.27. The maximum absolute atomic E-state index is 12.5. The van der Waals surface area contributed by atoms with Crippen LogP contribution in [0.2, 0.25) is 0 Å². The van der Waals surface area contributed by atoms with Crippen LogP contribution in [0.25, 0.3) is 0 Å². The zero-order chi connectivity index (χ0) is 18.6. The zero-order valence-electron chi connectivity index (χ0n) is 13.0. The van der Waals surface area contributed by atoms with Crippen LogP contribution in [0.3, 0.4) is 0 Å². The number of nitrogens with zero attached hydrogens (tertiary/aromatic N) is 3. The molecule has 11 nitrogen and oxygen atoms in total. The first-order chi connectivity index (χ1) is 11.9. The van der Waals surface area contributed by atoms with E-state index >= 15 is 0 Å². The molecular weight excluding hydrogens is 334 g/mol. The van der Waals surface area contributed by atoms with E-state index in [2.05, 4.69) is 4.98 Å². The van der Waals surface area contributed by atoms with Crippen LogP contribution in [-0.4, -0.2) is 27.5 Å². The van der Waals surface area contributed by atoms with Crippen LogP contribution in [-0.2, 0) is 21.4 Å². The minimum atomic E-state index is -2.28. The van der Waals surface area contributed by atoms with Gasteiger partial charge >= 0.3 is 17.2 Å². The average molecular weight is 347 g/mol. The lowest BCUT2D eigenvalue weighted by molar-refractivity contribution is -0.387. The van der Waals surface area contributed by atoms with Crippen molar-refractivity contribution >= 4 is 17.6 Å². The first-order valence-electron chi connectivity index (χ1n) is 7.01. The quantitative estimate of drug-likeness (QED) is 0.425. The Balaban J connectivity index is 2.80. The number of rotatable bonds is 6. The molecule has 0 radical (unpaired) electrons. The van der Waals surface area contributed by atoms with Crippen molar-refractivity contribution in [2.24, 2.45) is 0 Å². The van der Waals surface area contributed by atoms with Crippen molar-refractivity contribution in [3.8, 4) is 6.07 Å². The number of hydrogen-bond acceptors (Lipinski definition) is 9. The van der Waals surface area contributed by atoms with E-state index < -0.39 is 45.6 Å². The number of carbonyl (C=O) groups excluding carboxylic acids is 1. The normalized spacial score (nSPS) is 12.8. The number of anilines is 1. The molecule has 130 valence electrons. The van der Waals surface area contributed by atoms with E-state index in [-0.39, 0.29) is 12.4 Å². The molecule has 0 aliphatic carbocycles. The average Bonchev–Trinajstić information content (AvgIpc) is 3.04. The molecule has 2 heterocycles. The fraction of sp³-hybridized carbons (Fsp3) is 0.286. The van der Waals surface area contributed by atoms with Crippen molar-refractivity contribution in [2.75, 3.05) is 12.3 Å². The van der Waals surface area contributed by atoms with Crippen LogP contribution < -0.4 is 11.3 Å². The highest BCUT2D eigenvalue weighted by atomic mass is 16.6. The molecule has 1 atom stereocenters. The highest BCUT2D eigenvalue weighted by molar-refractivity contribution is 5.88. The largest absolute Gasteiger partial charge is 0.469 e. The van der Waals surface area contributed by atoms with Crippen molar-refractivity contribution in [3.05, 3.63) is 50.3 Å². The maximum Gasteiger partial charge on any atom is 0.357 e. The van der Waals surface area contributed by atoms with Gasteiger partial charge in [0.1, 0.15) is 5.76 Å². The van der Waals surface area contributed by atoms with E-state index in [9.17, 15) is 25.0 Å². The van der Waals surface area contributed by atoms with Crippen molar-refractivity contribution in [1.82, 2.24) is 9.97 Å². The molecule has 0 aliphatic rings. The van der Waals surface area contributed by atoms with Crippen molar-refractivity contribution in [3.63, 3.8) is 0 Å². The Hall–Kier alpha value is -3.68. The number of nitrogens with one attached hydrogen (secondary N) is 1. The Morgan fingerprint density at radius 2 is 2.36 bits per heavy atom. The Kier molecular flexibility index (Phi) is 4.83. The molecule has 1 unspecified atom stereocenters. The summed E-state index contributed by atoms with van der Waals surface area (Å²) in [5.41, 5.74) is 0.232. The molecule has 0 saturated heterocycles. The minimum Gasteiger partial charge on any atom is -0.469 e. The van der Waals surface area contributed by atoms with E-state index in [1.165, 1.54) is 25.3 Å². The number of H-pyrrole nitrogens is 1. The van der Waals surface area contributed by atoms with E-state index in [0.29, 0.717) is 0 Å². The molecule has 0 fully saturated rings. The third-order valence-electron chi connectivity index (χ3n) is 3.33. The predicted molar refractivity (Wildman–Crippen MR) is 82.3 cm³/mol. The number of carbonyl (C=O) groups is 1. The highest BCUT2D eigenvalue weighted by Crippen LogP contribution is 2.33. The van der Waals surface area contributed by atoms with Gasteiger partial charge in [-0.3, -0.25) is 19.9 Å². The first kappa shape index (κ1) is 17.7. The maximum atomic E-state index is 12.5. The molecule has 25 heavy (non-hydrogen) atoms. The summed E-state index contributed by atoms with van der Waals surface area (Å²) >= 11 is 0. The second-order valence-corrected chi connectivity index (χ2v) is 4.90. The number of furan rings is 1. The minimum absolute atomic E-state index is 0.0904. The summed E-state index contributed by atoms with van der Waals surface area (Å²) in [6.45, 7) is 1.41. The lowest BCUT2D eigenvalue weighted by atomic mass is 9.80. The van der Waals surface area contributed by atoms with E-state index in [1.54, 1.807) is 6.07 Å². The molecule has 2 rings (SSSR count). The van der Waals surface area contributed by atoms with Crippen LogP contribution in [0.15, 0.2) is 27.6 Å². The molecule has 3 N–H and O–H groups in total. The summed E-state index contributed by atoms with van der Waals surface area (Å²) in [4.78, 5) is 40.4. The summed E-state index contributed by atoms with van der Waals surface area (Å²) < 4.78 is 10.0. The molecule has 0 spiro atoms. The number of nitriles is 1. The molecule has 2 aromatic rings. The SMILES string of the molecule is CCOC(=O)C(C#N)(Cc1ccco1)c1nc(N)[nH]c(=O)c1[N+](=O)[O-]. The second-order valence-electron chi connectivity index (χ2n) is 4.90. The number of esters is 1. The summed E-state index contributed by atoms with van der Waals surface area (Å²) in [5, 5.41) is 21.0. The van der Waals surface area contributed by atoms with Gasteiger partial charge in [0.05, 0.1) is 23.9 Å². The van der Waals surface area contributed by atoms with Gasteiger partial charge in [-0.25, -0.2) is 9.78 Å². The van der Waals surface area contributed by atoms with Gasteiger partial charge in [-0.1, -0.05) is 0 Å². The van der Waals surface area contributed by atoms with E-state index in [1.807, 2.05) is 4.98 Å². The van der Waals surface area contributed by atoms with E-state index in [4.69, 9.17) is 14.9 Å². The fourth-order valence-electron chi connectivity index (χ4n) is 2.27. The summed E-state index contributed by atoms with van der Waals surface area (Å²) in [5.74, 6) is -1.41. The molecule has 0 aromatic carbocycles. The number of aromatic amines is 1. The summed E-state index contributed by atoms with van der Waals surface area (Å²) in [6, 6.07) is 4.67. The third kappa shape index (κ3) is 3.18. The topological polar surface area (TPSA) is 178 Å². The van der Waals surface area contributed by atoms with Gasteiger partial charge in [0.15, 0.2) is 5.69 Å². The number of nitro groups is 1. The monoisotopic (exact) mass is 347 g/mol. The van der Waals surface area contributed by atoms with Crippen molar-refractivity contribution in [1.29, 1.82) is 5.26 Å². The standard InChI is InChI=1S/C14H13N5O6/c1-2-24-12(21)14(7-15,6-8-4-3-5-25-8)10-9(19(22)23)11(20)18-13(16)17-10/h3-5H,2,6H2,1H3,(H3,16,17,18,20). The van der Waals surface area contributed by atoms with Gasteiger partial charge < -0.3 is 14.9 Å². The lowest BCUT2D eigenvalue weighted by Crippen LogP contribution is -2.41. The number of nitrogen functional groups attached to an aromatic ring is 1. The smallest absolute Gasteiger partial charge is 0.357 e. The predicted octanol–water partition coefficient (Wildman–Crippen LogP) is 0.420. The molecule has 2 aromatic heterocycles. The van der Waals surface area contributed by atoms with Gasteiger partial charge in [0, 0.05) is 6.42 Å². The molecule has 0 bridgehead atoms. The van der Waals surface area contributed by atoms with Crippen LogP contribution in [0.4, 0.5) is 11.6 Å². The van der Waals surface area contributed by atoms with Crippen LogP contribution in [0.5, 0.6) is 0 Å². The molecule has 0 saturated carbocycles. The third-order valence-corrected chi connectivity index (χ3v) is 3.33. The number of aromatic nitrogens is 2. The Morgan fingerprint density at radius 1 is 1.64 bits per heavy atom. The number of nitrogens with two attached hydrogens (primary N) is 1. The van der Waals surface area contributed by atoms with E-state index in [0.717, 1.165) is 0 Å². The van der Waals surface area contributed by atoms with Gasteiger partial charge in [0.2, 0.25) is 11.4 Å². The van der Waals surface area contributed by atoms with Crippen molar-refractivity contribution < 1.29 is 18.9 Å². The molecule has 0 aliphatic heterocycles. The second kappa shape index (κ2) is 6.83. The van der Waals surface area contributed by atoms with Gasteiger partial charge in [-0.05, 0) is 19.1 Å². The van der Waals surface area contributed by atoms with Crippen molar-refractivity contribution in [2.45, 2.75) is 18.8 Å². The Labute approximate surface area is 140 Å². The highest BCUT2D eigenvalue weighted by Gasteiger charge is 2.50. The zero-order valence-corrected chi connectivity index (χ0v) is 13.0.